The van der Waals surface area contributed by atoms with Gasteiger partial charge in [0.05, 0.1) is 7.11 Å². The number of rotatable bonds is 2. The van der Waals surface area contributed by atoms with Crippen molar-refractivity contribution in [1.82, 2.24) is 5.32 Å². The predicted octanol–water partition coefficient (Wildman–Crippen LogP) is 2.34. The summed E-state index contributed by atoms with van der Waals surface area (Å²) < 4.78 is 5.35. The molecule has 0 saturated heterocycles. The number of hydrogen-bond acceptors (Lipinski definition) is 2. The van der Waals surface area contributed by atoms with Crippen molar-refractivity contribution < 1.29 is 9.53 Å². The van der Waals surface area contributed by atoms with Crippen LogP contribution in [0.3, 0.4) is 0 Å². The highest BCUT2D eigenvalue weighted by atomic mass is 35.5. The average molecular weight is 254 g/mol. The molecule has 0 bridgehead atoms. The van der Waals surface area contributed by atoms with E-state index in [9.17, 15) is 4.79 Å². The molecule has 1 amide bonds. The molecule has 1 aliphatic carbocycles. The Balaban J connectivity index is 2.29. The van der Waals surface area contributed by atoms with Crippen LogP contribution in [0.1, 0.15) is 24.5 Å². The Kier molecular flexibility index (Phi) is 3.57. The smallest absolute Gasteiger partial charge is 0.217 e. The van der Waals surface area contributed by atoms with E-state index in [0.29, 0.717) is 0 Å². The largest absolute Gasteiger partial charge is 0.496 e. The summed E-state index contributed by atoms with van der Waals surface area (Å²) in [4.78, 5) is 11.1. The Hall–Kier alpha value is -1.22. The molecule has 0 saturated carbocycles. The van der Waals surface area contributed by atoms with Crippen LogP contribution in [0.4, 0.5) is 0 Å². The van der Waals surface area contributed by atoms with Crippen molar-refractivity contribution in [2.24, 2.45) is 0 Å². The number of ether oxygens (including phenoxy) is 1. The first-order chi connectivity index (χ1) is 8.11. The van der Waals surface area contributed by atoms with Crippen molar-refractivity contribution >= 4 is 17.5 Å². The van der Waals surface area contributed by atoms with Crippen molar-refractivity contribution in [3.63, 3.8) is 0 Å². The molecule has 1 N–H and O–H groups in total. The number of nitrogens with one attached hydrogen (secondary N) is 1. The number of fused-ring (bicyclic) bond motifs is 1. The van der Waals surface area contributed by atoms with Gasteiger partial charge in [0, 0.05) is 23.6 Å². The summed E-state index contributed by atoms with van der Waals surface area (Å²) in [6.07, 6.45) is 2.61. The third-order valence-corrected chi connectivity index (χ3v) is 3.51. The number of benzene rings is 1. The minimum atomic E-state index is 0.0134. The zero-order chi connectivity index (χ0) is 12.4. The molecule has 4 heteroatoms. The third-order valence-electron chi connectivity index (χ3n) is 3.15. The Labute approximate surface area is 106 Å². The van der Waals surface area contributed by atoms with E-state index in [1.54, 1.807) is 14.0 Å². The van der Waals surface area contributed by atoms with Gasteiger partial charge in [-0.05, 0) is 37.0 Å². The highest BCUT2D eigenvalue weighted by Crippen LogP contribution is 2.34. The number of hydrogen-bond donors (Lipinski definition) is 1. The van der Waals surface area contributed by atoms with E-state index in [2.05, 4.69) is 5.32 Å². The van der Waals surface area contributed by atoms with Gasteiger partial charge in [-0.2, -0.15) is 0 Å². The normalized spacial score (nSPS) is 18.4. The summed E-state index contributed by atoms with van der Waals surface area (Å²) >= 11 is 6.18. The minimum absolute atomic E-state index is 0.0134. The second-order valence-corrected chi connectivity index (χ2v) is 4.75. The molecule has 92 valence electrons. The van der Waals surface area contributed by atoms with Gasteiger partial charge in [0.25, 0.3) is 0 Å². The summed E-state index contributed by atoms with van der Waals surface area (Å²) in [6, 6.07) is 3.95. The summed E-state index contributed by atoms with van der Waals surface area (Å²) in [5.41, 5.74) is 2.29. The lowest BCUT2D eigenvalue weighted by atomic mass is 9.87. The topological polar surface area (TPSA) is 38.3 Å². The maximum absolute atomic E-state index is 11.1. The molecule has 0 fully saturated rings. The highest BCUT2D eigenvalue weighted by molar-refractivity contribution is 6.31. The second kappa shape index (κ2) is 4.96. The number of amides is 1. The third kappa shape index (κ3) is 2.55. The van der Waals surface area contributed by atoms with Crippen LogP contribution in [0.5, 0.6) is 5.75 Å². The number of halogens is 1. The zero-order valence-corrected chi connectivity index (χ0v) is 10.8. The van der Waals surface area contributed by atoms with E-state index in [4.69, 9.17) is 16.3 Å². The monoisotopic (exact) mass is 253 g/mol. The number of carbonyl (C=O) groups excluding carboxylic acids is 1. The molecule has 0 radical (unpaired) electrons. The van der Waals surface area contributed by atoms with Gasteiger partial charge in [-0.3, -0.25) is 4.79 Å². The van der Waals surface area contributed by atoms with Crippen LogP contribution in [0.2, 0.25) is 5.02 Å². The molecule has 0 aliphatic heterocycles. The lowest BCUT2D eigenvalue weighted by Gasteiger charge is -2.27. The van der Waals surface area contributed by atoms with Crippen molar-refractivity contribution in [2.75, 3.05) is 7.11 Å². The van der Waals surface area contributed by atoms with Crippen molar-refractivity contribution in [3.8, 4) is 5.75 Å². The van der Waals surface area contributed by atoms with E-state index >= 15 is 0 Å². The van der Waals surface area contributed by atoms with Crippen LogP contribution in [0.25, 0.3) is 0 Å². The fourth-order valence-corrected chi connectivity index (χ4v) is 2.68. The quantitative estimate of drug-likeness (QED) is 0.879. The van der Waals surface area contributed by atoms with E-state index in [1.807, 2.05) is 12.1 Å². The molecule has 0 aromatic heterocycles. The van der Waals surface area contributed by atoms with Crippen LogP contribution in [-0.4, -0.2) is 19.1 Å². The summed E-state index contributed by atoms with van der Waals surface area (Å²) in [6.45, 7) is 1.55. The fraction of sp³-hybridized carbons (Fsp3) is 0.462. The van der Waals surface area contributed by atoms with E-state index in [0.717, 1.165) is 41.2 Å². The minimum Gasteiger partial charge on any atom is -0.496 e. The van der Waals surface area contributed by atoms with E-state index < -0.39 is 0 Å². The maximum atomic E-state index is 11.1. The molecule has 17 heavy (non-hydrogen) atoms. The molecule has 0 spiro atoms. The van der Waals surface area contributed by atoms with Crippen LogP contribution >= 0.6 is 11.6 Å². The first-order valence-electron chi connectivity index (χ1n) is 5.73. The molecule has 1 aromatic rings. The Morgan fingerprint density at radius 3 is 2.88 bits per heavy atom. The van der Waals surface area contributed by atoms with Crippen LogP contribution < -0.4 is 10.1 Å². The second-order valence-electron chi connectivity index (χ2n) is 4.35. The summed E-state index contributed by atoms with van der Waals surface area (Å²) in [5, 5.41) is 3.75. The molecule has 1 atom stereocenters. The first kappa shape index (κ1) is 12.2. The molecule has 0 unspecified atom stereocenters. The first-order valence-corrected chi connectivity index (χ1v) is 6.11. The van der Waals surface area contributed by atoms with Gasteiger partial charge in [-0.1, -0.05) is 11.6 Å². The zero-order valence-electron chi connectivity index (χ0n) is 10.0. The average Bonchev–Trinajstić information content (AvgIpc) is 2.29. The Morgan fingerprint density at radius 2 is 2.24 bits per heavy atom. The standard InChI is InChI=1S/C13H16ClNO2/c1-8(16)15-9-3-4-10-11(7-9)13(17-2)6-5-12(10)14/h5-6,9H,3-4,7H2,1-2H3,(H,15,16)/t9-/m0/s1. The molecule has 1 aliphatic rings. The van der Waals surface area contributed by atoms with Crippen LogP contribution in [0, 0.1) is 0 Å². The molecule has 1 aromatic carbocycles. The lowest BCUT2D eigenvalue weighted by Crippen LogP contribution is -2.37. The van der Waals surface area contributed by atoms with Gasteiger partial charge >= 0.3 is 0 Å². The molecular weight excluding hydrogens is 238 g/mol. The molecule has 2 rings (SSSR count). The molecule has 3 nitrogen and oxygen atoms in total. The van der Waals surface area contributed by atoms with Gasteiger partial charge in [0.15, 0.2) is 0 Å². The van der Waals surface area contributed by atoms with Gasteiger partial charge in [-0.15, -0.1) is 0 Å². The number of methoxy groups -OCH3 is 1. The van der Waals surface area contributed by atoms with Crippen molar-refractivity contribution in [2.45, 2.75) is 32.2 Å². The van der Waals surface area contributed by atoms with Crippen molar-refractivity contribution in [3.05, 3.63) is 28.3 Å². The fourth-order valence-electron chi connectivity index (χ4n) is 2.41. The van der Waals surface area contributed by atoms with E-state index in [1.165, 1.54) is 0 Å². The van der Waals surface area contributed by atoms with Crippen LogP contribution in [0.15, 0.2) is 12.1 Å². The number of carbonyl (C=O) groups is 1. The maximum Gasteiger partial charge on any atom is 0.217 e. The lowest BCUT2D eigenvalue weighted by molar-refractivity contribution is -0.119. The Morgan fingerprint density at radius 1 is 1.47 bits per heavy atom. The van der Waals surface area contributed by atoms with Gasteiger partial charge in [0.2, 0.25) is 5.91 Å². The summed E-state index contributed by atoms with van der Waals surface area (Å²) in [5.74, 6) is 0.874. The highest BCUT2D eigenvalue weighted by Gasteiger charge is 2.23. The molecule has 0 heterocycles. The van der Waals surface area contributed by atoms with Crippen LogP contribution in [-0.2, 0) is 17.6 Å². The molecular formula is C13H16ClNO2. The SMILES string of the molecule is COc1ccc(Cl)c2c1C[C@@H](NC(C)=O)CC2. The van der Waals surface area contributed by atoms with Gasteiger partial charge in [0.1, 0.15) is 5.75 Å². The van der Waals surface area contributed by atoms with E-state index in [-0.39, 0.29) is 11.9 Å². The predicted molar refractivity (Wildman–Crippen MR) is 67.6 cm³/mol. The van der Waals surface area contributed by atoms with Gasteiger partial charge < -0.3 is 10.1 Å². The van der Waals surface area contributed by atoms with Gasteiger partial charge in [-0.25, -0.2) is 0 Å². The summed E-state index contributed by atoms with van der Waals surface area (Å²) in [7, 11) is 1.66. The Bertz CT molecular complexity index is 445. The van der Waals surface area contributed by atoms with Crippen molar-refractivity contribution in [1.29, 1.82) is 0 Å².